The maximum absolute atomic E-state index is 12.4. The van der Waals surface area contributed by atoms with Gasteiger partial charge >= 0.3 is 5.97 Å². The summed E-state index contributed by atoms with van der Waals surface area (Å²) in [5.41, 5.74) is 0.989. The molecule has 1 saturated heterocycles. The quantitative estimate of drug-likeness (QED) is 0.924. The molecule has 1 fully saturated rings. The molecule has 0 bridgehead atoms. The maximum Gasteiger partial charge on any atom is 0.308 e. The van der Waals surface area contributed by atoms with E-state index < -0.39 is 18.0 Å². The number of piperidine rings is 1. The lowest BCUT2D eigenvalue weighted by molar-refractivity contribution is -0.147. The first-order valence-corrected chi connectivity index (χ1v) is 7.70. The van der Waals surface area contributed by atoms with Gasteiger partial charge in [-0.15, -0.1) is 0 Å². The Morgan fingerprint density at radius 2 is 2.18 bits per heavy atom. The van der Waals surface area contributed by atoms with E-state index in [9.17, 15) is 9.59 Å². The second-order valence-corrected chi connectivity index (χ2v) is 6.06. The summed E-state index contributed by atoms with van der Waals surface area (Å²) in [6, 6.07) is 5.37. The smallest absolute Gasteiger partial charge is 0.308 e. The molecule has 1 aromatic rings. The van der Waals surface area contributed by atoms with E-state index in [-0.39, 0.29) is 12.5 Å². The van der Waals surface area contributed by atoms with Crippen molar-refractivity contribution < 1.29 is 19.4 Å². The van der Waals surface area contributed by atoms with Gasteiger partial charge in [0.15, 0.2) is 6.10 Å². The molecule has 6 heteroatoms. The first-order chi connectivity index (χ1) is 10.4. The molecule has 1 aliphatic heterocycles. The third-order valence-corrected chi connectivity index (χ3v) is 4.13. The van der Waals surface area contributed by atoms with Crippen LogP contribution in [-0.4, -0.2) is 41.1 Å². The number of carbonyl (C=O) groups is 2. The molecule has 2 unspecified atom stereocenters. The normalized spacial score (nSPS) is 19.6. The van der Waals surface area contributed by atoms with E-state index in [1.807, 2.05) is 13.0 Å². The van der Waals surface area contributed by atoms with Crippen molar-refractivity contribution in [3.8, 4) is 5.75 Å². The SMILES string of the molecule is Cc1ccc(Cl)c(OC(C)C(=O)N2CCCC(C(=O)O)C2)c1. The molecular formula is C16H20ClNO4. The first kappa shape index (κ1) is 16.6. The zero-order valence-electron chi connectivity index (χ0n) is 12.7. The van der Waals surface area contributed by atoms with Crippen molar-refractivity contribution in [3.05, 3.63) is 28.8 Å². The number of halogens is 1. The number of carboxylic acid groups (broad SMARTS) is 1. The Labute approximate surface area is 134 Å². The molecule has 120 valence electrons. The Bertz CT molecular complexity index is 575. The summed E-state index contributed by atoms with van der Waals surface area (Å²) in [5, 5.41) is 9.54. The topological polar surface area (TPSA) is 66.8 Å². The van der Waals surface area contributed by atoms with E-state index in [0.29, 0.717) is 30.2 Å². The molecule has 2 rings (SSSR count). The fourth-order valence-corrected chi connectivity index (χ4v) is 2.74. The Morgan fingerprint density at radius 1 is 1.45 bits per heavy atom. The Hall–Kier alpha value is -1.75. The van der Waals surface area contributed by atoms with Crippen LogP contribution in [0.4, 0.5) is 0 Å². The van der Waals surface area contributed by atoms with E-state index >= 15 is 0 Å². The molecule has 0 radical (unpaired) electrons. The van der Waals surface area contributed by atoms with Gasteiger partial charge in [0.1, 0.15) is 5.75 Å². The van der Waals surface area contributed by atoms with Crippen LogP contribution in [0.2, 0.25) is 5.02 Å². The molecule has 1 amide bonds. The average Bonchev–Trinajstić information content (AvgIpc) is 2.50. The number of likely N-dealkylation sites (tertiary alicyclic amines) is 1. The lowest BCUT2D eigenvalue weighted by atomic mass is 9.98. The molecule has 22 heavy (non-hydrogen) atoms. The van der Waals surface area contributed by atoms with Gasteiger partial charge in [-0.3, -0.25) is 9.59 Å². The molecule has 2 atom stereocenters. The summed E-state index contributed by atoms with van der Waals surface area (Å²) >= 11 is 6.07. The molecule has 1 aromatic carbocycles. The number of carboxylic acids is 1. The van der Waals surface area contributed by atoms with Crippen molar-refractivity contribution in [1.29, 1.82) is 0 Å². The van der Waals surface area contributed by atoms with Crippen LogP contribution in [-0.2, 0) is 9.59 Å². The van der Waals surface area contributed by atoms with Crippen molar-refractivity contribution in [2.45, 2.75) is 32.8 Å². The summed E-state index contributed by atoms with van der Waals surface area (Å²) in [5.74, 6) is -1.09. The molecule has 0 aliphatic carbocycles. The van der Waals surface area contributed by atoms with Gasteiger partial charge in [0.05, 0.1) is 10.9 Å². The number of aryl methyl sites for hydroxylation is 1. The second-order valence-electron chi connectivity index (χ2n) is 5.66. The van der Waals surface area contributed by atoms with Gasteiger partial charge in [-0.05, 0) is 44.4 Å². The van der Waals surface area contributed by atoms with E-state index in [2.05, 4.69) is 0 Å². The van der Waals surface area contributed by atoms with Crippen LogP contribution in [0, 0.1) is 12.8 Å². The highest BCUT2D eigenvalue weighted by molar-refractivity contribution is 6.32. The average molecular weight is 326 g/mol. The van der Waals surface area contributed by atoms with Crippen LogP contribution in [0.1, 0.15) is 25.3 Å². The summed E-state index contributed by atoms with van der Waals surface area (Å²) in [7, 11) is 0. The van der Waals surface area contributed by atoms with Crippen molar-refractivity contribution in [2.75, 3.05) is 13.1 Å². The van der Waals surface area contributed by atoms with Crippen molar-refractivity contribution in [3.63, 3.8) is 0 Å². The molecule has 1 N–H and O–H groups in total. The maximum atomic E-state index is 12.4. The molecule has 0 saturated carbocycles. The molecule has 1 aliphatic rings. The zero-order valence-corrected chi connectivity index (χ0v) is 13.5. The predicted molar refractivity (Wildman–Crippen MR) is 83.2 cm³/mol. The van der Waals surface area contributed by atoms with Gasteiger partial charge in [0.2, 0.25) is 0 Å². The highest BCUT2D eigenvalue weighted by atomic mass is 35.5. The second kappa shape index (κ2) is 7.01. The number of rotatable bonds is 4. The van der Waals surface area contributed by atoms with Gasteiger partial charge in [-0.1, -0.05) is 17.7 Å². The molecule has 1 heterocycles. The molecule has 5 nitrogen and oxygen atoms in total. The van der Waals surface area contributed by atoms with E-state index in [1.54, 1.807) is 24.0 Å². The van der Waals surface area contributed by atoms with Crippen molar-refractivity contribution >= 4 is 23.5 Å². The number of nitrogens with zero attached hydrogens (tertiary/aromatic N) is 1. The van der Waals surface area contributed by atoms with Gasteiger partial charge in [0, 0.05) is 13.1 Å². The Kier molecular flexibility index (Phi) is 5.29. The van der Waals surface area contributed by atoms with Crippen LogP contribution in [0.15, 0.2) is 18.2 Å². The van der Waals surface area contributed by atoms with Crippen LogP contribution in [0.5, 0.6) is 5.75 Å². The van der Waals surface area contributed by atoms with Gasteiger partial charge in [-0.2, -0.15) is 0 Å². The number of amides is 1. The number of hydrogen-bond acceptors (Lipinski definition) is 3. The van der Waals surface area contributed by atoms with Crippen LogP contribution in [0.3, 0.4) is 0 Å². The standard InChI is InChI=1S/C16H20ClNO4/c1-10-5-6-13(17)14(8-10)22-11(2)15(19)18-7-3-4-12(9-18)16(20)21/h5-6,8,11-12H,3-4,7,9H2,1-2H3,(H,20,21). The number of ether oxygens (including phenoxy) is 1. The summed E-state index contributed by atoms with van der Waals surface area (Å²) in [6.45, 7) is 4.38. The van der Waals surface area contributed by atoms with Crippen LogP contribution >= 0.6 is 11.6 Å². The third kappa shape index (κ3) is 3.91. The highest BCUT2D eigenvalue weighted by Gasteiger charge is 2.31. The van der Waals surface area contributed by atoms with Crippen LogP contribution < -0.4 is 4.74 Å². The minimum Gasteiger partial charge on any atom is -0.481 e. The molecular weight excluding hydrogens is 306 g/mol. The predicted octanol–water partition coefficient (Wildman–Crippen LogP) is 2.74. The summed E-state index contributed by atoms with van der Waals surface area (Å²) < 4.78 is 5.67. The molecule has 0 spiro atoms. The monoisotopic (exact) mass is 325 g/mol. The van der Waals surface area contributed by atoms with Crippen molar-refractivity contribution in [2.24, 2.45) is 5.92 Å². The van der Waals surface area contributed by atoms with E-state index in [4.69, 9.17) is 21.4 Å². The Balaban J connectivity index is 2.02. The number of carbonyl (C=O) groups excluding carboxylic acids is 1. The van der Waals surface area contributed by atoms with Crippen LogP contribution in [0.25, 0.3) is 0 Å². The van der Waals surface area contributed by atoms with E-state index in [1.165, 1.54) is 0 Å². The van der Waals surface area contributed by atoms with Gasteiger partial charge in [-0.25, -0.2) is 0 Å². The largest absolute Gasteiger partial charge is 0.481 e. The van der Waals surface area contributed by atoms with Gasteiger partial charge < -0.3 is 14.7 Å². The fourth-order valence-electron chi connectivity index (χ4n) is 2.58. The summed E-state index contributed by atoms with van der Waals surface area (Å²) in [6.07, 6.45) is 0.602. The lowest BCUT2D eigenvalue weighted by Crippen LogP contribution is -2.47. The number of hydrogen-bond donors (Lipinski definition) is 1. The minimum atomic E-state index is -0.854. The van der Waals surface area contributed by atoms with E-state index in [0.717, 1.165) is 5.56 Å². The molecule has 0 aromatic heterocycles. The highest BCUT2D eigenvalue weighted by Crippen LogP contribution is 2.27. The fraction of sp³-hybridized carbons (Fsp3) is 0.500. The zero-order chi connectivity index (χ0) is 16.3. The third-order valence-electron chi connectivity index (χ3n) is 3.82. The number of benzene rings is 1. The minimum absolute atomic E-state index is 0.205. The van der Waals surface area contributed by atoms with Gasteiger partial charge in [0.25, 0.3) is 5.91 Å². The van der Waals surface area contributed by atoms with Crippen molar-refractivity contribution in [1.82, 2.24) is 4.90 Å². The Morgan fingerprint density at radius 3 is 2.86 bits per heavy atom. The first-order valence-electron chi connectivity index (χ1n) is 7.33. The lowest BCUT2D eigenvalue weighted by Gasteiger charge is -2.32. The summed E-state index contributed by atoms with van der Waals surface area (Å²) in [4.78, 5) is 25.1. The number of aliphatic carboxylic acids is 1.